The molecule has 0 radical (unpaired) electrons. The van der Waals surface area contributed by atoms with Gasteiger partial charge < -0.3 is 5.73 Å². The molecule has 0 unspecified atom stereocenters. The summed E-state index contributed by atoms with van der Waals surface area (Å²) < 4.78 is 0. The van der Waals surface area contributed by atoms with Gasteiger partial charge >= 0.3 is 0 Å². The Hall–Kier alpha value is -7.03. The molecule has 10 rings (SSSR count). The predicted molar refractivity (Wildman–Crippen MR) is 241 cm³/mol. The molecule has 0 fully saturated rings. The maximum atomic E-state index is 6.73. The van der Waals surface area contributed by atoms with Crippen LogP contribution in [0, 0.1) is 0 Å². The second-order valence-electron chi connectivity index (χ2n) is 15.3. The van der Waals surface area contributed by atoms with Gasteiger partial charge in [0.2, 0.25) is 0 Å². The predicted octanol–water partition coefficient (Wildman–Crippen LogP) is 13.3. The van der Waals surface area contributed by atoms with Crippen molar-refractivity contribution in [3.63, 3.8) is 0 Å². The van der Waals surface area contributed by atoms with Crippen molar-refractivity contribution in [2.45, 2.75) is 24.8 Å². The van der Waals surface area contributed by atoms with Crippen LogP contribution in [0.15, 0.2) is 211 Å². The Morgan fingerprint density at radius 2 is 1.11 bits per heavy atom. The molecule has 1 aliphatic carbocycles. The number of aliphatic imine (C=N–C) groups is 1. The molecular formula is C55H42N2. The molecule has 57 heavy (non-hydrogen) atoms. The van der Waals surface area contributed by atoms with Crippen LogP contribution in [0.1, 0.15) is 46.7 Å². The molecule has 1 heterocycles. The van der Waals surface area contributed by atoms with Gasteiger partial charge in [0.25, 0.3) is 0 Å². The van der Waals surface area contributed by atoms with Crippen molar-refractivity contribution in [3.8, 4) is 33.4 Å². The molecular weight excluding hydrogens is 689 g/mol. The highest BCUT2D eigenvalue weighted by Crippen LogP contribution is 2.56. The summed E-state index contributed by atoms with van der Waals surface area (Å²) in [5.74, 6) is 0. The first kappa shape index (κ1) is 34.5. The number of nitrogen functional groups attached to an aromatic ring is 1. The van der Waals surface area contributed by atoms with Crippen molar-refractivity contribution < 1.29 is 0 Å². The first-order valence-corrected chi connectivity index (χ1v) is 19.9. The van der Waals surface area contributed by atoms with Gasteiger partial charge in [0.05, 0.1) is 11.5 Å². The number of benzene rings is 8. The first-order chi connectivity index (χ1) is 28.1. The summed E-state index contributed by atoms with van der Waals surface area (Å²) in [6.07, 6.45) is 7.31. The summed E-state index contributed by atoms with van der Waals surface area (Å²) in [6, 6.07) is 68.9. The fourth-order valence-electron chi connectivity index (χ4n) is 9.12. The Bertz CT molecular complexity index is 2840. The molecule has 1 aliphatic heterocycles. The van der Waals surface area contributed by atoms with Crippen molar-refractivity contribution in [1.82, 2.24) is 0 Å². The number of rotatable bonds is 8. The van der Waals surface area contributed by atoms with Crippen LogP contribution in [-0.2, 0) is 5.41 Å². The van der Waals surface area contributed by atoms with E-state index in [1.54, 1.807) is 0 Å². The lowest BCUT2D eigenvalue weighted by Gasteiger charge is -2.34. The smallest absolute Gasteiger partial charge is 0.0713 e. The molecule has 2 heteroatoms. The largest absolute Gasteiger partial charge is 0.398 e. The third-order valence-corrected chi connectivity index (χ3v) is 11.8. The lowest BCUT2D eigenvalue weighted by atomic mass is 9.67. The summed E-state index contributed by atoms with van der Waals surface area (Å²) in [4.78, 5) is 4.77. The normalized spacial score (nSPS) is 15.4. The Labute approximate surface area is 335 Å². The first-order valence-electron chi connectivity index (χ1n) is 19.9. The molecule has 2 N–H and O–H groups in total. The highest BCUT2D eigenvalue weighted by atomic mass is 14.8. The van der Waals surface area contributed by atoms with Gasteiger partial charge in [0.1, 0.15) is 0 Å². The Morgan fingerprint density at radius 1 is 0.561 bits per heavy atom. The number of fused-ring (bicyclic) bond motifs is 4. The molecule has 8 aromatic rings. The summed E-state index contributed by atoms with van der Waals surface area (Å²) in [5.41, 5.74) is 23.9. The van der Waals surface area contributed by atoms with E-state index in [0.717, 1.165) is 45.6 Å². The van der Waals surface area contributed by atoms with Crippen LogP contribution in [-0.4, -0.2) is 11.8 Å². The van der Waals surface area contributed by atoms with E-state index in [1.165, 1.54) is 55.3 Å². The molecule has 2 aliphatic rings. The zero-order valence-corrected chi connectivity index (χ0v) is 31.9. The van der Waals surface area contributed by atoms with E-state index in [9.17, 15) is 0 Å². The molecule has 0 amide bonds. The molecule has 272 valence electrons. The number of hydrogen-bond donors (Lipinski definition) is 1. The minimum atomic E-state index is -0.427. The van der Waals surface area contributed by atoms with Crippen LogP contribution in [0.2, 0.25) is 0 Å². The maximum Gasteiger partial charge on any atom is 0.0713 e. The molecule has 0 saturated carbocycles. The number of nitrogens with zero attached hydrogens (tertiary/aromatic N) is 1. The average molecular weight is 731 g/mol. The summed E-state index contributed by atoms with van der Waals surface area (Å²) in [7, 11) is 0. The molecule has 0 aromatic heterocycles. The van der Waals surface area contributed by atoms with Crippen molar-refractivity contribution >= 4 is 27.7 Å². The van der Waals surface area contributed by atoms with E-state index in [0.29, 0.717) is 0 Å². The molecule has 0 spiro atoms. The maximum absolute atomic E-state index is 6.73. The third-order valence-electron chi connectivity index (χ3n) is 11.8. The Kier molecular flexibility index (Phi) is 8.61. The van der Waals surface area contributed by atoms with E-state index in [4.69, 9.17) is 10.7 Å². The van der Waals surface area contributed by atoms with Gasteiger partial charge in [-0.2, -0.15) is 0 Å². The molecule has 8 aromatic carbocycles. The van der Waals surface area contributed by atoms with Gasteiger partial charge in [-0.25, -0.2) is 0 Å². The zero-order valence-electron chi connectivity index (χ0n) is 31.9. The number of allylic oxidation sites excluding steroid dienone is 2. The van der Waals surface area contributed by atoms with Crippen molar-refractivity contribution in [2.24, 2.45) is 4.99 Å². The van der Waals surface area contributed by atoms with Gasteiger partial charge in [-0.05, 0) is 121 Å². The van der Waals surface area contributed by atoms with Gasteiger partial charge in [0.15, 0.2) is 0 Å². The van der Waals surface area contributed by atoms with Crippen LogP contribution >= 0.6 is 0 Å². The minimum absolute atomic E-state index is 0.232. The van der Waals surface area contributed by atoms with Crippen LogP contribution < -0.4 is 5.73 Å². The van der Waals surface area contributed by atoms with Gasteiger partial charge in [-0.15, -0.1) is 0 Å². The monoisotopic (exact) mass is 730 g/mol. The van der Waals surface area contributed by atoms with Crippen LogP contribution in [0.5, 0.6) is 0 Å². The van der Waals surface area contributed by atoms with Crippen molar-refractivity contribution in [1.29, 1.82) is 0 Å². The number of hydrogen-bond acceptors (Lipinski definition) is 2. The standard InChI is InChI=1S/C55H42N2/c1-37-21-28-47(57-37)29-31-48(38-13-5-2-6-14-38)51-35-43(27-32-54(51)56)41-24-22-40-34-42(25-23-39(40)33-41)44-26-30-50-49-19-11-12-20-52(49)55(53(50)36-44,45-15-7-3-8-16-45)46-17-9-4-10-18-46/h2-28,30-37H,29,56H2,1H3/b48-31-/t37-/m0/s1. The molecule has 0 bridgehead atoms. The van der Waals surface area contributed by atoms with Gasteiger partial charge in [-0.3, -0.25) is 4.99 Å². The van der Waals surface area contributed by atoms with Crippen LogP contribution in [0.25, 0.3) is 49.7 Å². The average Bonchev–Trinajstić information content (AvgIpc) is 3.83. The van der Waals surface area contributed by atoms with Gasteiger partial charge in [-0.1, -0.05) is 170 Å². The number of nitrogens with two attached hydrogens (primary N) is 1. The molecule has 1 atom stereocenters. The highest BCUT2D eigenvalue weighted by molar-refractivity contribution is 6.00. The van der Waals surface area contributed by atoms with E-state index < -0.39 is 5.41 Å². The summed E-state index contributed by atoms with van der Waals surface area (Å²) in [6.45, 7) is 2.12. The van der Waals surface area contributed by atoms with E-state index in [2.05, 4.69) is 207 Å². The minimum Gasteiger partial charge on any atom is -0.398 e. The topological polar surface area (TPSA) is 38.4 Å². The van der Waals surface area contributed by atoms with E-state index in [-0.39, 0.29) is 6.04 Å². The lowest BCUT2D eigenvalue weighted by molar-refractivity contribution is 0.769. The van der Waals surface area contributed by atoms with Crippen molar-refractivity contribution in [3.05, 3.63) is 240 Å². The summed E-state index contributed by atoms with van der Waals surface area (Å²) in [5, 5.41) is 2.41. The fourth-order valence-corrected chi connectivity index (χ4v) is 9.12. The molecule has 2 nitrogen and oxygen atoms in total. The van der Waals surface area contributed by atoms with Crippen LogP contribution in [0.3, 0.4) is 0 Å². The Balaban J connectivity index is 1.03. The van der Waals surface area contributed by atoms with E-state index >= 15 is 0 Å². The fraction of sp³-hybridized carbons (Fsp3) is 0.0727. The Morgan fingerprint density at radius 3 is 1.75 bits per heavy atom. The van der Waals surface area contributed by atoms with Gasteiger partial charge in [0, 0.05) is 23.4 Å². The quantitative estimate of drug-likeness (QED) is 0.155. The lowest BCUT2D eigenvalue weighted by Crippen LogP contribution is -2.28. The SMILES string of the molecule is C[C@H]1C=CC(C/C=C(/c2ccccc2)c2cc(-c3ccc4cc(-c5ccc6c(c5)C(c5ccccc5)(c5ccccc5)c5ccccc5-6)ccc4c3)ccc2N)=N1. The van der Waals surface area contributed by atoms with Crippen molar-refractivity contribution in [2.75, 3.05) is 5.73 Å². The second-order valence-corrected chi connectivity index (χ2v) is 15.3. The molecule has 0 saturated heterocycles. The second kappa shape index (κ2) is 14.2. The number of anilines is 1. The third kappa shape index (κ3) is 6.02. The summed E-state index contributed by atoms with van der Waals surface area (Å²) >= 11 is 0. The van der Waals surface area contributed by atoms with E-state index in [1.807, 2.05) is 6.07 Å². The zero-order chi connectivity index (χ0) is 38.3. The van der Waals surface area contributed by atoms with Crippen LogP contribution in [0.4, 0.5) is 5.69 Å². The highest BCUT2D eigenvalue weighted by Gasteiger charge is 2.46.